The maximum Gasteiger partial charge on any atom is 0.101 e. The molecule has 0 fully saturated rings. The number of nitriles is 1. The first-order valence-corrected chi connectivity index (χ1v) is 6.61. The van der Waals surface area contributed by atoms with Gasteiger partial charge in [0.1, 0.15) is 6.07 Å². The molecule has 0 aliphatic rings. The monoisotopic (exact) mass is 310 g/mol. The van der Waals surface area contributed by atoms with Crippen LogP contribution in [0.15, 0.2) is 36.4 Å². The van der Waals surface area contributed by atoms with E-state index in [1.807, 2.05) is 18.2 Å². The first-order valence-electron chi connectivity index (χ1n) is 5.47. The van der Waals surface area contributed by atoms with E-state index in [-0.39, 0.29) is 0 Å². The summed E-state index contributed by atoms with van der Waals surface area (Å²) in [6.45, 7) is 0.544. The molecule has 96 valence electrons. The fraction of sp³-hybridized carbons (Fsp3) is 0.0714. The Morgan fingerprint density at radius 1 is 1.00 bits per heavy atom. The first-order chi connectivity index (χ1) is 9.10. The van der Waals surface area contributed by atoms with Gasteiger partial charge in [-0.15, -0.1) is 0 Å². The van der Waals surface area contributed by atoms with Gasteiger partial charge in [0.15, 0.2) is 0 Å². The normalized spacial score (nSPS) is 10.0. The van der Waals surface area contributed by atoms with Crippen LogP contribution in [0.5, 0.6) is 0 Å². The number of halogens is 3. The van der Waals surface area contributed by atoms with E-state index in [1.165, 1.54) is 0 Å². The van der Waals surface area contributed by atoms with Crippen LogP contribution in [-0.4, -0.2) is 0 Å². The molecule has 0 atom stereocenters. The standard InChI is InChI=1S/C14H9Cl3N2/c15-11-2-1-9(14(17)6-11)8-19-12-3-4-13(16)10(5-12)7-18/h1-6,19H,8H2. The summed E-state index contributed by atoms with van der Waals surface area (Å²) in [5, 5.41) is 13.7. The summed E-state index contributed by atoms with van der Waals surface area (Å²) in [5.41, 5.74) is 2.18. The van der Waals surface area contributed by atoms with Crippen LogP contribution in [0.25, 0.3) is 0 Å². The highest BCUT2D eigenvalue weighted by molar-refractivity contribution is 6.35. The summed E-state index contributed by atoms with van der Waals surface area (Å²) in [4.78, 5) is 0. The lowest BCUT2D eigenvalue weighted by Crippen LogP contribution is -2.00. The molecule has 0 saturated heterocycles. The molecule has 1 N–H and O–H groups in total. The van der Waals surface area contributed by atoms with Crippen LogP contribution in [0.3, 0.4) is 0 Å². The van der Waals surface area contributed by atoms with Gasteiger partial charge in [0, 0.05) is 22.3 Å². The summed E-state index contributed by atoms with van der Waals surface area (Å²) in [7, 11) is 0. The lowest BCUT2D eigenvalue weighted by atomic mass is 10.2. The van der Waals surface area contributed by atoms with Crippen molar-refractivity contribution in [3.63, 3.8) is 0 Å². The van der Waals surface area contributed by atoms with Gasteiger partial charge in [-0.05, 0) is 35.9 Å². The van der Waals surface area contributed by atoms with Crippen molar-refractivity contribution in [2.45, 2.75) is 6.54 Å². The molecule has 5 heteroatoms. The molecule has 0 bridgehead atoms. The second-order valence-corrected chi connectivity index (χ2v) is 5.15. The molecule has 19 heavy (non-hydrogen) atoms. The molecular weight excluding hydrogens is 303 g/mol. The molecule has 2 aromatic carbocycles. The highest BCUT2D eigenvalue weighted by atomic mass is 35.5. The van der Waals surface area contributed by atoms with Crippen molar-refractivity contribution >= 4 is 40.5 Å². The number of hydrogen-bond acceptors (Lipinski definition) is 2. The van der Waals surface area contributed by atoms with Crippen LogP contribution < -0.4 is 5.32 Å². The lowest BCUT2D eigenvalue weighted by molar-refractivity contribution is 1.15. The quantitative estimate of drug-likeness (QED) is 0.853. The van der Waals surface area contributed by atoms with Crippen LogP contribution in [0.4, 0.5) is 5.69 Å². The molecule has 0 radical (unpaired) electrons. The minimum atomic E-state index is 0.439. The van der Waals surface area contributed by atoms with Gasteiger partial charge >= 0.3 is 0 Å². The maximum atomic E-state index is 8.90. The number of nitrogens with zero attached hydrogens (tertiary/aromatic N) is 1. The van der Waals surface area contributed by atoms with E-state index >= 15 is 0 Å². The Bertz CT molecular complexity index is 648. The van der Waals surface area contributed by atoms with E-state index in [1.54, 1.807) is 24.3 Å². The van der Waals surface area contributed by atoms with Crippen molar-refractivity contribution in [3.8, 4) is 6.07 Å². The molecule has 0 heterocycles. The van der Waals surface area contributed by atoms with E-state index in [2.05, 4.69) is 5.32 Å². The topological polar surface area (TPSA) is 35.8 Å². The number of benzene rings is 2. The molecule has 0 unspecified atom stereocenters. The number of nitrogens with one attached hydrogen (secondary N) is 1. The van der Waals surface area contributed by atoms with Crippen molar-refractivity contribution in [3.05, 3.63) is 62.6 Å². The Morgan fingerprint density at radius 3 is 2.47 bits per heavy atom. The average Bonchev–Trinajstić information content (AvgIpc) is 2.39. The van der Waals surface area contributed by atoms with Crippen molar-refractivity contribution in [2.24, 2.45) is 0 Å². The molecule has 0 spiro atoms. The predicted molar refractivity (Wildman–Crippen MR) is 80.0 cm³/mol. The van der Waals surface area contributed by atoms with Gasteiger partial charge < -0.3 is 5.32 Å². The third kappa shape index (κ3) is 3.54. The molecule has 2 rings (SSSR count). The second kappa shape index (κ2) is 6.16. The first kappa shape index (κ1) is 14.0. The molecule has 0 aromatic heterocycles. The zero-order valence-electron chi connectivity index (χ0n) is 9.75. The van der Waals surface area contributed by atoms with Crippen molar-refractivity contribution in [1.29, 1.82) is 5.26 Å². The summed E-state index contributed by atoms with van der Waals surface area (Å²) in [6, 6.07) is 12.6. The Balaban J connectivity index is 2.13. The van der Waals surface area contributed by atoms with Crippen LogP contribution >= 0.6 is 34.8 Å². The highest BCUT2D eigenvalue weighted by Gasteiger charge is 2.03. The minimum Gasteiger partial charge on any atom is -0.381 e. The van der Waals surface area contributed by atoms with Gasteiger partial charge in [0.05, 0.1) is 10.6 Å². The Hall–Kier alpha value is -1.40. The van der Waals surface area contributed by atoms with Gasteiger partial charge in [-0.3, -0.25) is 0 Å². The summed E-state index contributed by atoms with van der Waals surface area (Å²) >= 11 is 17.8. The van der Waals surface area contributed by atoms with E-state index < -0.39 is 0 Å². The Kier molecular flexibility index (Phi) is 4.55. The van der Waals surface area contributed by atoms with Crippen molar-refractivity contribution in [2.75, 3.05) is 5.32 Å². The Morgan fingerprint density at radius 2 is 1.79 bits per heavy atom. The maximum absolute atomic E-state index is 8.90. The molecule has 0 saturated carbocycles. The van der Waals surface area contributed by atoms with E-state index in [0.29, 0.717) is 27.2 Å². The van der Waals surface area contributed by atoms with Gasteiger partial charge in [-0.25, -0.2) is 0 Å². The smallest absolute Gasteiger partial charge is 0.101 e. The van der Waals surface area contributed by atoms with Crippen LogP contribution in [-0.2, 0) is 6.54 Å². The van der Waals surface area contributed by atoms with Crippen molar-refractivity contribution in [1.82, 2.24) is 0 Å². The van der Waals surface area contributed by atoms with Crippen molar-refractivity contribution < 1.29 is 0 Å². The Labute approximate surface area is 126 Å². The highest BCUT2D eigenvalue weighted by Crippen LogP contribution is 2.23. The number of anilines is 1. The second-order valence-electron chi connectivity index (χ2n) is 3.90. The molecule has 0 amide bonds. The van der Waals surface area contributed by atoms with Gasteiger partial charge in [-0.2, -0.15) is 5.26 Å². The fourth-order valence-electron chi connectivity index (χ4n) is 1.58. The summed E-state index contributed by atoms with van der Waals surface area (Å²) in [6.07, 6.45) is 0. The summed E-state index contributed by atoms with van der Waals surface area (Å²) in [5.74, 6) is 0. The average molecular weight is 312 g/mol. The van der Waals surface area contributed by atoms with E-state index in [4.69, 9.17) is 40.1 Å². The zero-order chi connectivity index (χ0) is 13.8. The van der Waals surface area contributed by atoms with Crippen LogP contribution in [0.2, 0.25) is 15.1 Å². The SMILES string of the molecule is N#Cc1cc(NCc2ccc(Cl)cc2Cl)ccc1Cl. The number of hydrogen-bond donors (Lipinski definition) is 1. The van der Waals surface area contributed by atoms with Gasteiger partial charge in [0.25, 0.3) is 0 Å². The van der Waals surface area contributed by atoms with Gasteiger partial charge in [0.2, 0.25) is 0 Å². The third-order valence-corrected chi connectivity index (χ3v) is 3.50. The molecule has 0 aliphatic carbocycles. The fourth-order valence-corrected chi connectivity index (χ4v) is 2.22. The molecule has 2 nitrogen and oxygen atoms in total. The zero-order valence-corrected chi connectivity index (χ0v) is 12.0. The number of rotatable bonds is 3. The third-order valence-electron chi connectivity index (χ3n) is 2.58. The molecule has 2 aromatic rings. The van der Waals surface area contributed by atoms with E-state index in [9.17, 15) is 0 Å². The molecular formula is C14H9Cl3N2. The largest absolute Gasteiger partial charge is 0.381 e. The van der Waals surface area contributed by atoms with Crippen LogP contribution in [0, 0.1) is 11.3 Å². The van der Waals surface area contributed by atoms with Gasteiger partial charge in [-0.1, -0.05) is 40.9 Å². The lowest BCUT2D eigenvalue weighted by Gasteiger charge is -2.09. The minimum absolute atomic E-state index is 0.439. The predicted octanol–water partition coefficient (Wildman–Crippen LogP) is 5.13. The van der Waals surface area contributed by atoms with Crippen LogP contribution in [0.1, 0.15) is 11.1 Å². The molecule has 0 aliphatic heterocycles. The van der Waals surface area contributed by atoms with E-state index in [0.717, 1.165) is 11.3 Å². The summed E-state index contributed by atoms with van der Waals surface area (Å²) < 4.78 is 0.